The summed E-state index contributed by atoms with van der Waals surface area (Å²) in [5, 5.41) is 7.02. The highest BCUT2D eigenvalue weighted by Crippen LogP contribution is 2.34. The molecule has 3 N–H and O–H groups in total. The molecular formula is C18H22N4O2. The number of nitrogens with zero attached hydrogens (tertiary/aromatic N) is 2. The summed E-state index contributed by atoms with van der Waals surface area (Å²) in [7, 11) is 0. The molecule has 6 heteroatoms. The number of anilines is 1. The smallest absolute Gasteiger partial charge is 0.231 e. The lowest BCUT2D eigenvalue weighted by Crippen LogP contribution is -2.34. The van der Waals surface area contributed by atoms with Crippen LogP contribution in [0.4, 0.5) is 5.69 Å². The van der Waals surface area contributed by atoms with Gasteiger partial charge in [-0.1, -0.05) is 30.1 Å². The molecule has 24 heavy (non-hydrogen) atoms. The van der Waals surface area contributed by atoms with Gasteiger partial charge in [0.2, 0.25) is 11.8 Å². The lowest BCUT2D eigenvalue weighted by atomic mass is 9.99. The van der Waals surface area contributed by atoms with E-state index in [4.69, 9.17) is 10.3 Å². The highest BCUT2D eigenvalue weighted by molar-refractivity contribution is 5.93. The molecule has 0 atom stereocenters. The molecule has 0 spiro atoms. The van der Waals surface area contributed by atoms with Crippen molar-refractivity contribution in [1.82, 2.24) is 10.1 Å². The summed E-state index contributed by atoms with van der Waals surface area (Å²) in [5.74, 6) is 1.54. The lowest BCUT2D eigenvalue weighted by Gasteiger charge is -2.17. The average molecular weight is 326 g/mol. The molecule has 1 aromatic carbocycles. The van der Waals surface area contributed by atoms with Crippen LogP contribution in [0.2, 0.25) is 0 Å². The third kappa shape index (κ3) is 3.19. The van der Waals surface area contributed by atoms with E-state index in [0.717, 1.165) is 49.8 Å². The molecule has 0 unspecified atom stereocenters. The molecule has 2 fully saturated rings. The highest BCUT2D eigenvalue weighted by atomic mass is 16.5. The molecule has 0 bridgehead atoms. The van der Waals surface area contributed by atoms with E-state index in [9.17, 15) is 4.79 Å². The molecule has 1 heterocycles. The number of benzene rings is 1. The summed E-state index contributed by atoms with van der Waals surface area (Å²) in [6, 6.07) is 7.77. The van der Waals surface area contributed by atoms with Crippen LogP contribution in [0, 0.1) is 5.92 Å². The van der Waals surface area contributed by atoms with E-state index in [1.807, 2.05) is 24.3 Å². The molecule has 0 saturated heterocycles. The number of carbonyl (C=O) groups excluding carboxylic acids is 1. The van der Waals surface area contributed by atoms with Crippen molar-refractivity contribution in [3.63, 3.8) is 0 Å². The molecular weight excluding hydrogens is 304 g/mol. The summed E-state index contributed by atoms with van der Waals surface area (Å²) >= 11 is 0. The molecule has 1 aromatic heterocycles. The fraction of sp³-hybridized carbons (Fsp3) is 0.500. The molecule has 2 aromatic rings. The van der Waals surface area contributed by atoms with Crippen LogP contribution in [0.3, 0.4) is 0 Å². The van der Waals surface area contributed by atoms with Crippen LogP contribution in [0.1, 0.15) is 55.8 Å². The number of hydrogen-bond donors (Lipinski definition) is 2. The van der Waals surface area contributed by atoms with Gasteiger partial charge in [-0.2, -0.15) is 4.98 Å². The Labute approximate surface area is 140 Å². The molecule has 6 nitrogen and oxygen atoms in total. The van der Waals surface area contributed by atoms with E-state index in [0.29, 0.717) is 18.1 Å². The number of nitrogens with one attached hydrogen (secondary N) is 1. The van der Waals surface area contributed by atoms with Crippen LogP contribution in [0.25, 0.3) is 0 Å². The zero-order valence-electron chi connectivity index (χ0n) is 13.6. The van der Waals surface area contributed by atoms with Gasteiger partial charge in [0, 0.05) is 11.6 Å². The molecule has 4 rings (SSSR count). The van der Waals surface area contributed by atoms with Gasteiger partial charge in [-0.25, -0.2) is 0 Å². The Kier molecular flexibility index (Phi) is 3.84. The van der Waals surface area contributed by atoms with E-state index in [1.165, 1.54) is 0 Å². The fourth-order valence-electron chi connectivity index (χ4n) is 3.23. The van der Waals surface area contributed by atoms with Crippen LogP contribution in [0.5, 0.6) is 0 Å². The second-order valence-corrected chi connectivity index (χ2v) is 7.01. The monoisotopic (exact) mass is 326 g/mol. The zero-order chi connectivity index (χ0) is 16.6. The summed E-state index contributed by atoms with van der Waals surface area (Å²) in [6.07, 6.45) is 6.66. The molecule has 2 aliphatic rings. The van der Waals surface area contributed by atoms with Gasteiger partial charge in [0.1, 0.15) is 0 Å². The topological polar surface area (TPSA) is 94.0 Å². The predicted molar refractivity (Wildman–Crippen MR) is 89.2 cm³/mol. The zero-order valence-corrected chi connectivity index (χ0v) is 13.6. The van der Waals surface area contributed by atoms with Crippen LogP contribution >= 0.6 is 0 Å². The van der Waals surface area contributed by atoms with Crippen LogP contribution in [-0.2, 0) is 16.8 Å². The maximum atomic E-state index is 11.8. The number of carbonyl (C=O) groups is 1. The van der Waals surface area contributed by atoms with Gasteiger partial charge >= 0.3 is 0 Å². The second kappa shape index (κ2) is 6.02. The van der Waals surface area contributed by atoms with Crippen molar-refractivity contribution in [2.75, 3.05) is 5.32 Å². The Bertz CT molecular complexity index is 728. The normalized spacial score (nSPS) is 19.4. The van der Waals surface area contributed by atoms with Crippen molar-refractivity contribution in [2.45, 2.75) is 50.5 Å². The van der Waals surface area contributed by atoms with Gasteiger partial charge in [-0.3, -0.25) is 4.79 Å². The summed E-state index contributed by atoms with van der Waals surface area (Å²) in [6.45, 7) is 0. The van der Waals surface area contributed by atoms with Gasteiger partial charge in [0.15, 0.2) is 5.82 Å². The SMILES string of the molecule is NC1(c2noc(Cc3ccc(NC(=O)C4CC4)cc3)n2)CCCC1. The Morgan fingerprint density at radius 2 is 1.96 bits per heavy atom. The van der Waals surface area contributed by atoms with E-state index < -0.39 is 5.54 Å². The van der Waals surface area contributed by atoms with Gasteiger partial charge in [0.25, 0.3) is 0 Å². The summed E-state index contributed by atoms with van der Waals surface area (Å²) < 4.78 is 5.37. The Morgan fingerprint density at radius 1 is 1.25 bits per heavy atom. The van der Waals surface area contributed by atoms with Gasteiger partial charge in [0.05, 0.1) is 12.0 Å². The van der Waals surface area contributed by atoms with E-state index in [-0.39, 0.29) is 11.8 Å². The Balaban J connectivity index is 1.40. The Hall–Kier alpha value is -2.21. The van der Waals surface area contributed by atoms with E-state index in [1.54, 1.807) is 0 Å². The van der Waals surface area contributed by atoms with Crippen molar-refractivity contribution >= 4 is 11.6 Å². The summed E-state index contributed by atoms with van der Waals surface area (Å²) in [4.78, 5) is 16.2. The van der Waals surface area contributed by atoms with Gasteiger partial charge in [-0.05, 0) is 43.4 Å². The summed E-state index contributed by atoms with van der Waals surface area (Å²) in [5.41, 5.74) is 7.83. The molecule has 126 valence electrons. The number of amides is 1. The molecule has 1 amide bonds. The maximum Gasteiger partial charge on any atom is 0.231 e. The standard InChI is InChI=1S/C18H22N4O2/c19-18(9-1-2-10-18)17-21-15(24-22-17)11-12-3-7-14(8-4-12)20-16(23)13-5-6-13/h3-4,7-8,13H,1-2,5-6,9-11,19H2,(H,20,23). The number of nitrogens with two attached hydrogens (primary N) is 1. The minimum Gasteiger partial charge on any atom is -0.339 e. The number of aromatic nitrogens is 2. The fourth-order valence-corrected chi connectivity index (χ4v) is 3.23. The van der Waals surface area contributed by atoms with Gasteiger partial charge in [-0.15, -0.1) is 0 Å². The minimum absolute atomic E-state index is 0.120. The number of hydrogen-bond acceptors (Lipinski definition) is 5. The first kappa shape index (κ1) is 15.3. The first-order chi connectivity index (χ1) is 11.6. The van der Waals surface area contributed by atoms with Crippen LogP contribution < -0.4 is 11.1 Å². The average Bonchev–Trinajstić information content (AvgIpc) is 3.17. The van der Waals surface area contributed by atoms with Gasteiger partial charge < -0.3 is 15.6 Å². The van der Waals surface area contributed by atoms with Crippen molar-refractivity contribution in [1.29, 1.82) is 0 Å². The van der Waals surface area contributed by atoms with Crippen LogP contribution in [0.15, 0.2) is 28.8 Å². The van der Waals surface area contributed by atoms with E-state index >= 15 is 0 Å². The number of rotatable bonds is 5. The molecule has 2 aliphatic carbocycles. The first-order valence-corrected chi connectivity index (χ1v) is 8.64. The lowest BCUT2D eigenvalue weighted by molar-refractivity contribution is -0.117. The maximum absolute atomic E-state index is 11.8. The van der Waals surface area contributed by atoms with E-state index in [2.05, 4.69) is 15.5 Å². The quantitative estimate of drug-likeness (QED) is 0.881. The third-order valence-corrected chi connectivity index (χ3v) is 4.93. The van der Waals surface area contributed by atoms with Crippen molar-refractivity contribution in [3.8, 4) is 0 Å². The Morgan fingerprint density at radius 3 is 2.62 bits per heavy atom. The largest absolute Gasteiger partial charge is 0.339 e. The van der Waals surface area contributed by atoms with Crippen molar-refractivity contribution in [3.05, 3.63) is 41.5 Å². The first-order valence-electron chi connectivity index (χ1n) is 8.64. The van der Waals surface area contributed by atoms with Crippen molar-refractivity contribution < 1.29 is 9.32 Å². The molecule has 2 saturated carbocycles. The molecule has 0 aliphatic heterocycles. The minimum atomic E-state index is -0.418. The predicted octanol–water partition coefficient (Wildman–Crippen LogP) is 2.74. The van der Waals surface area contributed by atoms with Crippen LogP contribution in [-0.4, -0.2) is 16.0 Å². The second-order valence-electron chi connectivity index (χ2n) is 7.01. The van der Waals surface area contributed by atoms with Crippen molar-refractivity contribution in [2.24, 2.45) is 11.7 Å². The molecule has 0 radical (unpaired) electrons. The highest BCUT2D eigenvalue weighted by Gasteiger charge is 2.36. The third-order valence-electron chi connectivity index (χ3n) is 4.93.